The molecule has 1 aromatic heterocycles. The zero-order valence-electron chi connectivity index (χ0n) is 11.6. The lowest BCUT2D eigenvalue weighted by atomic mass is 10.2. The predicted octanol–water partition coefficient (Wildman–Crippen LogP) is 3.90. The number of nitrogens with zero attached hydrogens (tertiary/aromatic N) is 1. The number of ether oxygens (including phenoxy) is 1. The molecular weight excluding hydrogens is 285 g/mol. The number of aromatic nitrogens is 1. The van der Waals surface area contributed by atoms with E-state index in [1.165, 1.54) is 0 Å². The van der Waals surface area contributed by atoms with Crippen LogP contribution in [0.5, 0.6) is 0 Å². The minimum atomic E-state index is 0.512. The van der Waals surface area contributed by atoms with Gasteiger partial charge in [0.15, 0.2) is 0 Å². The molecule has 0 saturated heterocycles. The summed E-state index contributed by atoms with van der Waals surface area (Å²) in [6.07, 6.45) is 0.905. The molecule has 0 spiro atoms. The number of pyridine rings is 1. The number of nitrogens with one attached hydrogen (secondary N) is 2. The quantitative estimate of drug-likeness (QED) is 0.715. The summed E-state index contributed by atoms with van der Waals surface area (Å²) in [5.41, 5.74) is 0. The maximum Gasteiger partial charge on any atom is 0.147 e. The third kappa shape index (κ3) is 5.85. The minimum Gasteiger partial charge on any atom is -0.381 e. The first-order valence-electron chi connectivity index (χ1n) is 6.40. The molecule has 0 aliphatic heterocycles. The van der Waals surface area contributed by atoms with Crippen LogP contribution < -0.4 is 10.6 Å². The van der Waals surface area contributed by atoms with Gasteiger partial charge in [-0.3, -0.25) is 0 Å². The van der Waals surface area contributed by atoms with Gasteiger partial charge in [0.25, 0.3) is 0 Å². The first-order chi connectivity index (χ1) is 9.04. The molecule has 2 N–H and O–H groups in total. The van der Waals surface area contributed by atoms with Crippen LogP contribution in [0, 0.1) is 5.92 Å². The highest BCUT2D eigenvalue weighted by atomic mass is 35.5. The Labute approximate surface area is 124 Å². The van der Waals surface area contributed by atoms with Crippen molar-refractivity contribution in [3.63, 3.8) is 0 Å². The smallest absolute Gasteiger partial charge is 0.147 e. The summed E-state index contributed by atoms with van der Waals surface area (Å²) in [6.45, 7) is 6.55. The summed E-state index contributed by atoms with van der Waals surface area (Å²) in [6, 6.07) is 1.68. The van der Waals surface area contributed by atoms with Gasteiger partial charge in [0.1, 0.15) is 11.6 Å². The van der Waals surface area contributed by atoms with E-state index in [-0.39, 0.29) is 0 Å². The van der Waals surface area contributed by atoms with Gasteiger partial charge in [-0.05, 0) is 18.4 Å². The van der Waals surface area contributed by atoms with Crippen LogP contribution in [0.4, 0.5) is 11.6 Å². The van der Waals surface area contributed by atoms with Gasteiger partial charge in [-0.1, -0.05) is 37.0 Å². The van der Waals surface area contributed by atoms with E-state index in [1.54, 1.807) is 13.1 Å². The van der Waals surface area contributed by atoms with Gasteiger partial charge in [-0.15, -0.1) is 0 Å². The van der Waals surface area contributed by atoms with Crippen molar-refractivity contribution in [3.8, 4) is 0 Å². The highest BCUT2D eigenvalue weighted by molar-refractivity contribution is 6.37. The maximum atomic E-state index is 6.07. The molecule has 0 saturated carbocycles. The molecule has 0 aliphatic carbocycles. The zero-order chi connectivity index (χ0) is 14.3. The monoisotopic (exact) mass is 305 g/mol. The summed E-state index contributed by atoms with van der Waals surface area (Å²) in [5.74, 6) is 1.82. The van der Waals surface area contributed by atoms with E-state index >= 15 is 0 Å². The van der Waals surface area contributed by atoms with Crippen LogP contribution in [0.1, 0.15) is 20.3 Å². The van der Waals surface area contributed by atoms with Crippen molar-refractivity contribution in [2.75, 3.05) is 37.4 Å². The summed E-state index contributed by atoms with van der Waals surface area (Å²) < 4.78 is 5.50. The Hall–Kier alpha value is -0.710. The normalized spacial score (nSPS) is 10.8. The van der Waals surface area contributed by atoms with Gasteiger partial charge in [0, 0.05) is 26.8 Å². The van der Waals surface area contributed by atoms with Crippen LogP contribution in [0.15, 0.2) is 6.07 Å². The zero-order valence-corrected chi connectivity index (χ0v) is 13.1. The Bertz CT molecular complexity index is 400. The average Bonchev–Trinajstić information content (AvgIpc) is 2.35. The molecule has 6 heteroatoms. The second kappa shape index (κ2) is 8.46. The predicted molar refractivity (Wildman–Crippen MR) is 82.6 cm³/mol. The molecule has 1 heterocycles. The summed E-state index contributed by atoms with van der Waals surface area (Å²) in [4.78, 5) is 4.31. The third-order valence-electron chi connectivity index (χ3n) is 2.38. The Morgan fingerprint density at radius 1 is 1.26 bits per heavy atom. The van der Waals surface area contributed by atoms with Crippen molar-refractivity contribution in [2.45, 2.75) is 20.3 Å². The lowest BCUT2D eigenvalue weighted by Crippen LogP contribution is -2.10. The van der Waals surface area contributed by atoms with Crippen molar-refractivity contribution in [2.24, 2.45) is 5.92 Å². The lowest BCUT2D eigenvalue weighted by Gasteiger charge is -2.11. The first kappa shape index (κ1) is 16.3. The molecule has 0 aromatic carbocycles. The van der Waals surface area contributed by atoms with Crippen molar-refractivity contribution >= 4 is 34.8 Å². The number of anilines is 2. The molecule has 4 nitrogen and oxygen atoms in total. The first-order valence-corrected chi connectivity index (χ1v) is 7.15. The number of halogens is 2. The van der Waals surface area contributed by atoms with E-state index in [9.17, 15) is 0 Å². The molecule has 0 amide bonds. The molecule has 1 rings (SSSR count). The molecule has 0 bridgehead atoms. The van der Waals surface area contributed by atoms with E-state index in [1.807, 2.05) is 0 Å². The molecule has 108 valence electrons. The Kier molecular flexibility index (Phi) is 7.28. The molecule has 1 aromatic rings. The second-order valence-electron chi connectivity index (χ2n) is 4.65. The molecule has 0 atom stereocenters. The fourth-order valence-electron chi connectivity index (χ4n) is 1.47. The number of hydrogen-bond donors (Lipinski definition) is 2. The number of rotatable bonds is 8. The third-order valence-corrected chi connectivity index (χ3v) is 2.95. The maximum absolute atomic E-state index is 6.07. The highest BCUT2D eigenvalue weighted by Gasteiger charge is 2.07. The molecule has 19 heavy (non-hydrogen) atoms. The van der Waals surface area contributed by atoms with E-state index < -0.39 is 0 Å². The van der Waals surface area contributed by atoms with Gasteiger partial charge in [0.2, 0.25) is 0 Å². The largest absolute Gasteiger partial charge is 0.381 e. The van der Waals surface area contributed by atoms with Crippen LogP contribution in [0.3, 0.4) is 0 Å². The van der Waals surface area contributed by atoms with E-state index in [2.05, 4.69) is 29.5 Å². The van der Waals surface area contributed by atoms with Gasteiger partial charge >= 0.3 is 0 Å². The summed E-state index contributed by atoms with van der Waals surface area (Å²) >= 11 is 12.0. The van der Waals surface area contributed by atoms with Gasteiger partial charge in [-0.25, -0.2) is 4.98 Å². The van der Waals surface area contributed by atoms with E-state index in [0.717, 1.165) is 26.2 Å². The second-order valence-corrected chi connectivity index (χ2v) is 5.46. The van der Waals surface area contributed by atoms with Crippen molar-refractivity contribution in [1.29, 1.82) is 0 Å². The fraction of sp³-hybridized carbons (Fsp3) is 0.615. The summed E-state index contributed by atoms with van der Waals surface area (Å²) in [5, 5.41) is 7.13. The lowest BCUT2D eigenvalue weighted by molar-refractivity contribution is 0.110. The summed E-state index contributed by atoms with van der Waals surface area (Å²) in [7, 11) is 1.77. The van der Waals surface area contributed by atoms with Crippen molar-refractivity contribution in [3.05, 3.63) is 16.1 Å². The molecule has 0 aliphatic rings. The van der Waals surface area contributed by atoms with Gasteiger partial charge in [-0.2, -0.15) is 0 Å². The molecule has 0 radical (unpaired) electrons. The average molecular weight is 306 g/mol. The van der Waals surface area contributed by atoms with Crippen LogP contribution in [-0.2, 0) is 4.74 Å². The Morgan fingerprint density at radius 2 is 1.95 bits per heavy atom. The van der Waals surface area contributed by atoms with E-state index in [4.69, 9.17) is 27.9 Å². The molecular formula is C13H21Cl2N3O. The van der Waals surface area contributed by atoms with Gasteiger partial charge < -0.3 is 15.4 Å². The highest BCUT2D eigenvalue weighted by Crippen LogP contribution is 2.28. The standard InChI is InChI=1S/C13H21Cl2N3O/c1-9(2)8-19-6-4-5-17-13-11(15)7-10(14)12(16-3)18-13/h7,9H,4-6,8H2,1-3H3,(H2,16,17,18). The van der Waals surface area contributed by atoms with Crippen molar-refractivity contribution < 1.29 is 4.74 Å². The minimum absolute atomic E-state index is 0.512. The van der Waals surface area contributed by atoms with Crippen LogP contribution >= 0.6 is 23.2 Å². The SMILES string of the molecule is CNc1nc(NCCCOCC(C)C)c(Cl)cc1Cl. The van der Waals surface area contributed by atoms with E-state index in [0.29, 0.717) is 27.6 Å². The molecule has 0 unspecified atom stereocenters. The topological polar surface area (TPSA) is 46.2 Å². The fourth-order valence-corrected chi connectivity index (χ4v) is 1.99. The number of hydrogen-bond acceptors (Lipinski definition) is 4. The van der Waals surface area contributed by atoms with Crippen LogP contribution in [0.2, 0.25) is 10.0 Å². The van der Waals surface area contributed by atoms with Crippen molar-refractivity contribution in [1.82, 2.24) is 4.98 Å². The van der Waals surface area contributed by atoms with Gasteiger partial charge in [0.05, 0.1) is 10.0 Å². The van der Waals surface area contributed by atoms with Crippen LogP contribution in [0.25, 0.3) is 0 Å². The Morgan fingerprint density at radius 3 is 2.58 bits per heavy atom. The van der Waals surface area contributed by atoms with Crippen LogP contribution in [-0.4, -0.2) is 31.8 Å². The molecule has 0 fully saturated rings. The Balaban J connectivity index is 2.37.